The van der Waals surface area contributed by atoms with E-state index < -0.39 is 0 Å². The number of nitrogens with one attached hydrogen (secondary N) is 1. The van der Waals surface area contributed by atoms with E-state index in [-0.39, 0.29) is 5.91 Å². The zero-order valence-electron chi connectivity index (χ0n) is 18.2. The first kappa shape index (κ1) is 20.0. The van der Waals surface area contributed by atoms with Gasteiger partial charge in [0.15, 0.2) is 0 Å². The number of hydrogen-bond donors (Lipinski definition) is 1. The molecule has 1 aliphatic rings. The van der Waals surface area contributed by atoms with E-state index in [2.05, 4.69) is 43.4 Å². The first-order valence-corrected chi connectivity index (χ1v) is 11.7. The summed E-state index contributed by atoms with van der Waals surface area (Å²) >= 11 is 1.81. The smallest absolute Gasteiger partial charge is 0.258 e. The van der Waals surface area contributed by atoms with E-state index in [1.165, 1.54) is 27.8 Å². The molecule has 1 atom stereocenters. The highest BCUT2D eigenvalue weighted by Crippen LogP contribution is 2.44. The van der Waals surface area contributed by atoms with Crippen molar-refractivity contribution >= 4 is 33.1 Å². The number of rotatable bonds is 3. The average molecular weight is 427 g/mol. The van der Waals surface area contributed by atoms with Crippen LogP contribution in [0.1, 0.15) is 45.4 Å². The van der Waals surface area contributed by atoms with E-state index in [1.807, 2.05) is 48.6 Å². The van der Waals surface area contributed by atoms with Crippen molar-refractivity contribution < 1.29 is 4.79 Å². The molecule has 0 bridgehead atoms. The van der Waals surface area contributed by atoms with Gasteiger partial charge in [-0.2, -0.15) is 0 Å². The van der Waals surface area contributed by atoms with E-state index >= 15 is 0 Å². The van der Waals surface area contributed by atoms with Gasteiger partial charge in [0, 0.05) is 21.5 Å². The number of carbonyl (C=O) groups is 1. The van der Waals surface area contributed by atoms with Crippen LogP contribution in [0, 0.1) is 19.8 Å². The molecule has 1 amide bonds. The highest BCUT2D eigenvalue weighted by atomic mass is 32.1. The Balaban J connectivity index is 1.77. The van der Waals surface area contributed by atoms with Crippen LogP contribution in [-0.4, -0.2) is 10.9 Å². The maximum atomic E-state index is 13.6. The Labute approximate surface area is 187 Å². The summed E-state index contributed by atoms with van der Waals surface area (Å²) in [7, 11) is 0. The topological polar surface area (TPSA) is 42.0 Å². The summed E-state index contributed by atoms with van der Waals surface area (Å²) in [6, 6.07) is 18.1. The molecule has 1 aliphatic carbocycles. The fraction of sp³-hybridized carbons (Fsp3) is 0.259. The highest BCUT2D eigenvalue weighted by molar-refractivity contribution is 7.19. The number of fused-ring (bicyclic) bond motifs is 3. The number of anilines is 1. The van der Waals surface area contributed by atoms with Crippen LogP contribution in [-0.2, 0) is 12.8 Å². The predicted molar refractivity (Wildman–Crippen MR) is 130 cm³/mol. The summed E-state index contributed by atoms with van der Waals surface area (Å²) in [6.45, 7) is 6.38. The molecular formula is C27H26N2OS. The zero-order valence-corrected chi connectivity index (χ0v) is 19.0. The molecule has 2 aromatic carbocycles. The van der Waals surface area contributed by atoms with Crippen molar-refractivity contribution in [2.45, 2.75) is 40.0 Å². The summed E-state index contributed by atoms with van der Waals surface area (Å²) in [5.41, 5.74) is 6.97. The first-order valence-electron chi connectivity index (χ1n) is 10.9. The third-order valence-corrected chi connectivity index (χ3v) is 7.34. The molecule has 0 spiro atoms. The molecular weight excluding hydrogens is 400 g/mol. The van der Waals surface area contributed by atoms with Crippen LogP contribution in [0.25, 0.3) is 21.3 Å². The van der Waals surface area contributed by atoms with Crippen LogP contribution >= 0.6 is 11.3 Å². The van der Waals surface area contributed by atoms with Crippen molar-refractivity contribution in [3.63, 3.8) is 0 Å². The third-order valence-electron chi connectivity index (χ3n) is 6.19. The van der Waals surface area contributed by atoms with Crippen molar-refractivity contribution in [1.29, 1.82) is 0 Å². The SMILES string of the molecule is Cc1cccc(-c2c(C(=O)Nc3ccccc3)c(C)nc3sc4c(c23)CCC(C)C4)c1. The van der Waals surface area contributed by atoms with Gasteiger partial charge in [0.25, 0.3) is 5.91 Å². The fourth-order valence-electron chi connectivity index (χ4n) is 4.67. The number of thiophene rings is 1. The molecule has 3 nitrogen and oxygen atoms in total. The Morgan fingerprint density at radius 1 is 1.10 bits per heavy atom. The van der Waals surface area contributed by atoms with E-state index in [1.54, 1.807) is 0 Å². The second kappa shape index (κ2) is 7.93. The lowest BCUT2D eigenvalue weighted by molar-refractivity contribution is 0.102. The number of amides is 1. The summed E-state index contributed by atoms with van der Waals surface area (Å²) in [5, 5.41) is 4.27. The van der Waals surface area contributed by atoms with Crippen molar-refractivity contribution in [2.75, 3.05) is 5.32 Å². The van der Waals surface area contributed by atoms with Gasteiger partial charge in [-0.3, -0.25) is 4.79 Å². The van der Waals surface area contributed by atoms with Gasteiger partial charge in [-0.15, -0.1) is 11.3 Å². The minimum Gasteiger partial charge on any atom is -0.322 e. The highest BCUT2D eigenvalue weighted by Gasteiger charge is 2.27. The molecule has 1 unspecified atom stereocenters. The van der Waals surface area contributed by atoms with Crippen LogP contribution in [0.2, 0.25) is 0 Å². The van der Waals surface area contributed by atoms with Crippen LogP contribution < -0.4 is 5.32 Å². The number of hydrogen-bond acceptors (Lipinski definition) is 3. The van der Waals surface area contributed by atoms with E-state index in [0.717, 1.165) is 40.2 Å². The Morgan fingerprint density at radius 3 is 2.68 bits per heavy atom. The summed E-state index contributed by atoms with van der Waals surface area (Å²) in [5.74, 6) is 0.601. The molecule has 0 radical (unpaired) electrons. The minimum absolute atomic E-state index is 0.0984. The first-order chi connectivity index (χ1) is 15.0. The second-order valence-electron chi connectivity index (χ2n) is 8.67. The molecule has 1 N–H and O–H groups in total. The van der Waals surface area contributed by atoms with Gasteiger partial charge in [0.2, 0.25) is 0 Å². The molecule has 0 saturated heterocycles. The maximum Gasteiger partial charge on any atom is 0.258 e. The van der Waals surface area contributed by atoms with Crippen molar-refractivity contribution in [3.05, 3.63) is 81.9 Å². The quantitative estimate of drug-likeness (QED) is 0.385. The monoisotopic (exact) mass is 426 g/mol. The molecule has 4 heteroatoms. The van der Waals surface area contributed by atoms with Crippen molar-refractivity contribution in [1.82, 2.24) is 4.98 Å². The van der Waals surface area contributed by atoms with Crippen LogP contribution in [0.3, 0.4) is 0 Å². The Kier molecular flexibility index (Phi) is 5.11. The summed E-state index contributed by atoms with van der Waals surface area (Å²) in [6.07, 6.45) is 3.35. The van der Waals surface area contributed by atoms with Gasteiger partial charge >= 0.3 is 0 Å². The fourth-order valence-corrected chi connectivity index (χ4v) is 6.11. The lowest BCUT2D eigenvalue weighted by atomic mass is 9.86. The van der Waals surface area contributed by atoms with Crippen LogP contribution in [0.4, 0.5) is 5.69 Å². The molecule has 0 fully saturated rings. The number of para-hydroxylation sites is 1. The standard InChI is InChI=1S/C27H26N2OS/c1-16-8-7-9-19(14-16)24-23(26(30)29-20-10-5-4-6-11-20)18(3)28-27-25(24)21-13-12-17(2)15-22(21)31-27/h4-11,14,17H,12-13,15H2,1-3H3,(H,29,30). The molecule has 2 aromatic heterocycles. The minimum atomic E-state index is -0.0984. The second-order valence-corrected chi connectivity index (χ2v) is 9.75. The summed E-state index contributed by atoms with van der Waals surface area (Å²) < 4.78 is 0. The van der Waals surface area contributed by atoms with Crippen LogP contribution in [0.5, 0.6) is 0 Å². The van der Waals surface area contributed by atoms with Gasteiger partial charge in [0.05, 0.1) is 11.3 Å². The lowest BCUT2D eigenvalue weighted by Crippen LogP contribution is -2.16. The van der Waals surface area contributed by atoms with Gasteiger partial charge in [-0.05, 0) is 62.3 Å². The number of aromatic nitrogens is 1. The molecule has 0 aliphatic heterocycles. The summed E-state index contributed by atoms with van der Waals surface area (Å²) in [4.78, 5) is 21.0. The van der Waals surface area contributed by atoms with Gasteiger partial charge in [0.1, 0.15) is 4.83 Å². The molecule has 0 saturated carbocycles. The normalized spacial score (nSPS) is 15.6. The Hall–Kier alpha value is -2.98. The third kappa shape index (κ3) is 3.66. The van der Waals surface area contributed by atoms with Gasteiger partial charge < -0.3 is 5.32 Å². The van der Waals surface area contributed by atoms with E-state index in [4.69, 9.17) is 4.98 Å². The molecule has 5 rings (SSSR count). The Morgan fingerprint density at radius 2 is 1.90 bits per heavy atom. The van der Waals surface area contributed by atoms with Crippen molar-refractivity contribution in [3.8, 4) is 11.1 Å². The molecule has 2 heterocycles. The number of nitrogens with zero attached hydrogens (tertiary/aromatic N) is 1. The molecule has 156 valence electrons. The van der Waals surface area contributed by atoms with Crippen molar-refractivity contribution in [2.24, 2.45) is 5.92 Å². The van der Waals surface area contributed by atoms with Gasteiger partial charge in [-0.25, -0.2) is 4.98 Å². The lowest BCUT2D eigenvalue weighted by Gasteiger charge is -2.20. The molecule has 31 heavy (non-hydrogen) atoms. The number of aryl methyl sites for hydroxylation is 3. The van der Waals surface area contributed by atoms with E-state index in [0.29, 0.717) is 11.5 Å². The zero-order chi connectivity index (χ0) is 21.5. The Bertz CT molecular complexity index is 1290. The maximum absolute atomic E-state index is 13.6. The predicted octanol–water partition coefficient (Wildman–Crippen LogP) is 6.96. The number of benzene rings is 2. The average Bonchev–Trinajstić information content (AvgIpc) is 3.10. The molecule has 4 aromatic rings. The van der Waals surface area contributed by atoms with Gasteiger partial charge in [-0.1, -0.05) is 55.0 Å². The van der Waals surface area contributed by atoms with Crippen LogP contribution in [0.15, 0.2) is 54.6 Å². The number of carbonyl (C=O) groups excluding carboxylic acids is 1. The van der Waals surface area contributed by atoms with E-state index in [9.17, 15) is 4.79 Å². The number of pyridine rings is 1. The largest absolute Gasteiger partial charge is 0.322 e.